The van der Waals surface area contributed by atoms with Gasteiger partial charge in [-0.2, -0.15) is 0 Å². The SMILES string of the molecule is Cc1ccc2c(c1)N(S(C)(=O)=O)C[C@@H](C(=O)Nc1cc([N+](=O)[O-])ccc1Cl)O2. The molecule has 1 aliphatic rings. The summed E-state index contributed by atoms with van der Waals surface area (Å²) < 4.78 is 31.2. The van der Waals surface area contributed by atoms with Gasteiger partial charge in [0.1, 0.15) is 5.75 Å². The van der Waals surface area contributed by atoms with Crippen LogP contribution in [0.4, 0.5) is 17.1 Å². The standard InChI is InChI=1S/C17H16ClN3O6S/c1-10-3-6-15-14(7-10)20(28(2,25)26)9-16(27-15)17(22)19-13-8-11(21(23)24)4-5-12(13)18/h3-8,16H,9H2,1-2H3,(H,19,22)/t16-/m0/s1. The first-order valence-corrected chi connectivity index (χ1v) is 10.3. The van der Waals surface area contributed by atoms with E-state index in [2.05, 4.69) is 5.32 Å². The van der Waals surface area contributed by atoms with Crippen molar-refractivity contribution in [3.8, 4) is 5.75 Å². The van der Waals surface area contributed by atoms with E-state index < -0.39 is 27.0 Å². The molecule has 0 fully saturated rings. The van der Waals surface area contributed by atoms with Crippen molar-refractivity contribution in [3.05, 3.63) is 57.1 Å². The number of hydrogen-bond acceptors (Lipinski definition) is 6. The van der Waals surface area contributed by atoms with E-state index in [1.54, 1.807) is 18.2 Å². The lowest BCUT2D eigenvalue weighted by molar-refractivity contribution is -0.384. The van der Waals surface area contributed by atoms with Crippen LogP contribution >= 0.6 is 11.6 Å². The predicted octanol–water partition coefficient (Wildman–Crippen LogP) is 2.72. The molecule has 1 N–H and O–H groups in total. The number of anilines is 2. The summed E-state index contributed by atoms with van der Waals surface area (Å²) in [6.45, 7) is 1.57. The molecular weight excluding hydrogens is 410 g/mol. The molecule has 0 saturated carbocycles. The first kappa shape index (κ1) is 19.9. The largest absolute Gasteiger partial charge is 0.476 e. The van der Waals surface area contributed by atoms with E-state index in [1.807, 2.05) is 6.92 Å². The molecule has 11 heteroatoms. The number of halogens is 1. The summed E-state index contributed by atoms with van der Waals surface area (Å²) in [5, 5.41) is 13.5. The Hall–Kier alpha value is -2.85. The number of rotatable bonds is 4. The molecule has 0 aliphatic carbocycles. The van der Waals surface area contributed by atoms with Gasteiger partial charge in [0.2, 0.25) is 10.0 Å². The maximum atomic E-state index is 12.7. The number of carbonyl (C=O) groups is 1. The zero-order valence-corrected chi connectivity index (χ0v) is 16.5. The van der Waals surface area contributed by atoms with E-state index in [0.29, 0.717) is 5.69 Å². The van der Waals surface area contributed by atoms with Crippen LogP contribution in [0.5, 0.6) is 5.75 Å². The fourth-order valence-corrected chi connectivity index (χ4v) is 3.82. The van der Waals surface area contributed by atoms with Gasteiger partial charge < -0.3 is 10.1 Å². The molecule has 0 spiro atoms. The van der Waals surface area contributed by atoms with Crippen LogP contribution in [0.3, 0.4) is 0 Å². The van der Waals surface area contributed by atoms with Crippen molar-refractivity contribution in [2.24, 2.45) is 0 Å². The topological polar surface area (TPSA) is 119 Å². The van der Waals surface area contributed by atoms with E-state index in [4.69, 9.17) is 16.3 Å². The maximum Gasteiger partial charge on any atom is 0.271 e. The Bertz CT molecular complexity index is 1070. The molecule has 1 amide bonds. The Kier molecular flexibility index (Phi) is 5.18. The molecule has 0 unspecified atom stereocenters. The Labute approximate surface area is 166 Å². The van der Waals surface area contributed by atoms with Crippen molar-refractivity contribution in [2.75, 3.05) is 22.4 Å². The number of fused-ring (bicyclic) bond motifs is 1. The number of hydrogen-bond donors (Lipinski definition) is 1. The van der Waals surface area contributed by atoms with E-state index in [1.165, 1.54) is 12.1 Å². The summed E-state index contributed by atoms with van der Waals surface area (Å²) in [6.07, 6.45) is -0.128. The molecule has 3 rings (SSSR count). The molecule has 1 aliphatic heterocycles. The fraction of sp³-hybridized carbons (Fsp3) is 0.235. The zero-order valence-electron chi connectivity index (χ0n) is 14.9. The number of sulfonamides is 1. The van der Waals surface area contributed by atoms with Gasteiger partial charge in [0.25, 0.3) is 11.6 Å². The molecule has 28 heavy (non-hydrogen) atoms. The Morgan fingerprint density at radius 1 is 1.32 bits per heavy atom. The highest BCUT2D eigenvalue weighted by atomic mass is 35.5. The molecule has 0 radical (unpaired) electrons. The summed E-state index contributed by atoms with van der Waals surface area (Å²) in [6, 6.07) is 8.59. The van der Waals surface area contributed by atoms with Gasteiger partial charge in [-0.1, -0.05) is 17.7 Å². The molecule has 0 bridgehead atoms. The van der Waals surface area contributed by atoms with E-state index in [0.717, 1.165) is 22.2 Å². The highest BCUT2D eigenvalue weighted by Gasteiger charge is 2.35. The second kappa shape index (κ2) is 7.28. The smallest absolute Gasteiger partial charge is 0.271 e. The third-order valence-electron chi connectivity index (χ3n) is 4.10. The number of ether oxygens (including phenoxy) is 1. The molecule has 1 atom stereocenters. The van der Waals surface area contributed by atoms with Crippen molar-refractivity contribution >= 4 is 44.6 Å². The number of nitro benzene ring substituents is 1. The van der Waals surface area contributed by atoms with E-state index in [9.17, 15) is 23.3 Å². The summed E-state index contributed by atoms with van der Waals surface area (Å²) in [4.78, 5) is 23.0. The van der Waals surface area contributed by atoms with Gasteiger partial charge in [0.15, 0.2) is 6.10 Å². The van der Waals surface area contributed by atoms with Crippen LogP contribution in [0, 0.1) is 17.0 Å². The molecule has 1 heterocycles. The molecule has 148 valence electrons. The first-order chi connectivity index (χ1) is 13.1. The van der Waals surface area contributed by atoms with Gasteiger partial charge in [-0.15, -0.1) is 0 Å². The zero-order chi connectivity index (χ0) is 20.6. The van der Waals surface area contributed by atoms with E-state index in [-0.39, 0.29) is 28.7 Å². The maximum absolute atomic E-state index is 12.7. The van der Waals surface area contributed by atoms with Gasteiger partial charge in [-0.05, 0) is 30.7 Å². The second-order valence-corrected chi connectivity index (χ2v) is 8.60. The number of amides is 1. The minimum absolute atomic E-state index is 0.0325. The lowest BCUT2D eigenvalue weighted by atomic mass is 10.1. The van der Waals surface area contributed by atoms with Crippen molar-refractivity contribution < 1.29 is 22.9 Å². The van der Waals surface area contributed by atoms with Crippen LogP contribution in [0.15, 0.2) is 36.4 Å². The normalized spacial score (nSPS) is 16.1. The van der Waals surface area contributed by atoms with Crippen molar-refractivity contribution in [1.82, 2.24) is 0 Å². The van der Waals surface area contributed by atoms with Crippen molar-refractivity contribution in [3.63, 3.8) is 0 Å². The lowest BCUT2D eigenvalue weighted by Crippen LogP contribution is -2.48. The van der Waals surface area contributed by atoms with Crippen LogP contribution in [0.2, 0.25) is 5.02 Å². The third-order valence-corrected chi connectivity index (χ3v) is 5.57. The highest BCUT2D eigenvalue weighted by molar-refractivity contribution is 7.92. The molecule has 2 aromatic carbocycles. The fourth-order valence-electron chi connectivity index (χ4n) is 2.75. The average molecular weight is 426 g/mol. The Balaban J connectivity index is 1.90. The van der Waals surface area contributed by atoms with Crippen LogP contribution in [0.1, 0.15) is 5.56 Å². The minimum atomic E-state index is -3.66. The van der Waals surface area contributed by atoms with Gasteiger partial charge >= 0.3 is 0 Å². The lowest BCUT2D eigenvalue weighted by Gasteiger charge is -2.34. The number of carbonyl (C=O) groups excluding carboxylic acids is 1. The molecule has 0 aromatic heterocycles. The van der Waals surface area contributed by atoms with E-state index >= 15 is 0 Å². The molecule has 0 saturated heterocycles. The average Bonchev–Trinajstić information content (AvgIpc) is 2.61. The summed E-state index contributed by atoms with van der Waals surface area (Å²) in [5.41, 5.74) is 0.968. The summed E-state index contributed by atoms with van der Waals surface area (Å²) in [5.74, 6) is -0.435. The molecular formula is C17H16ClN3O6S. The summed E-state index contributed by atoms with van der Waals surface area (Å²) in [7, 11) is -3.66. The van der Waals surface area contributed by atoms with Gasteiger partial charge in [-0.25, -0.2) is 8.42 Å². The number of non-ortho nitro benzene ring substituents is 1. The Morgan fingerprint density at radius 2 is 2.04 bits per heavy atom. The van der Waals surface area contributed by atoms with Crippen LogP contribution in [-0.2, 0) is 14.8 Å². The highest BCUT2D eigenvalue weighted by Crippen LogP contribution is 2.36. The van der Waals surface area contributed by atoms with Crippen molar-refractivity contribution in [2.45, 2.75) is 13.0 Å². The van der Waals surface area contributed by atoms with Gasteiger partial charge in [0, 0.05) is 12.1 Å². The van der Waals surface area contributed by atoms with Crippen LogP contribution in [0.25, 0.3) is 0 Å². The van der Waals surface area contributed by atoms with Gasteiger partial charge in [-0.3, -0.25) is 19.2 Å². The summed E-state index contributed by atoms with van der Waals surface area (Å²) >= 11 is 6.00. The first-order valence-electron chi connectivity index (χ1n) is 8.06. The molecule has 9 nitrogen and oxygen atoms in total. The Morgan fingerprint density at radius 3 is 2.68 bits per heavy atom. The predicted molar refractivity (Wildman–Crippen MR) is 105 cm³/mol. The van der Waals surface area contributed by atoms with Gasteiger partial charge in [0.05, 0.1) is 34.1 Å². The molecule has 2 aromatic rings. The number of nitro groups is 1. The van der Waals surface area contributed by atoms with Crippen LogP contribution in [-0.4, -0.2) is 38.2 Å². The quantitative estimate of drug-likeness (QED) is 0.594. The second-order valence-electron chi connectivity index (χ2n) is 6.28. The third kappa shape index (κ3) is 4.02. The number of nitrogens with zero attached hydrogens (tertiary/aromatic N) is 2. The van der Waals surface area contributed by atoms with Crippen molar-refractivity contribution in [1.29, 1.82) is 0 Å². The number of aryl methyl sites for hydroxylation is 1. The minimum Gasteiger partial charge on any atom is -0.476 e. The number of nitrogens with one attached hydrogen (secondary N) is 1. The van der Waals surface area contributed by atoms with Crippen LogP contribution < -0.4 is 14.4 Å². The monoisotopic (exact) mass is 425 g/mol. The number of benzene rings is 2.